The molecule has 1 heterocycles. The van der Waals surface area contributed by atoms with Crippen molar-refractivity contribution in [1.29, 1.82) is 0 Å². The normalized spacial score (nSPS) is 23.7. The minimum absolute atomic E-state index is 0.322. The molecule has 0 radical (unpaired) electrons. The quantitative estimate of drug-likeness (QED) is 0.713. The lowest BCUT2D eigenvalue weighted by atomic mass is 10.1. The summed E-state index contributed by atoms with van der Waals surface area (Å²) in [5.41, 5.74) is 0. The third-order valence-electron chi connectivity index (χ3n) is 3.28. The van der Waals surface area contributed by atoms with Crippen molar-refractivity contribution in [2.45, 2.75) is 57.9 Å². The summed E-state index contributed by atoms with van der Waals surface area (Å²) in [6.45, 7) is 4.57. The molecule has 1 atom stereocenters. The second kappa shape index (κ2) is 6.83. The minimum Gasteiger partial charge on any atom is -0.481 e. The maximum Gasteiger partial charge on any atom is 0.303 e. The van der Waals surface area contributed by atoms with E-state index >= 15 is 0 Å². The number of likely N-dealkylation sites (tertiary alicyclic amines) is 1. The van der Waals surface area contributed by atoms with Gasteiger partial charge in [0.25, 0.3) is 0 Å². The van der Waals surface area contributed by atoms with Crippen molar-refractivity contribution in [2.75, 3.05) is 13.1 Å². The van der Waals surface area contributed by atoms with Crippen LogP contribution in [0.25, 0.3) is 0 Å². The Bertz CT molecular complexity index is 194. The molecule has 1 unspecified atom stereocenters. The number of carboxylic acids is 1. The van der Waals surface area contributed by atoms with Crippen molar-refractivity contribution in [2.24, 2.45) is 0 Å². The molecule has 1 N–H and O–H groups in total. The third-order valence-corrected chi connectivity index (χ3v) is 3.28. The van der Waals surface area contributed by atoms with Gasteiger partial charge in [-0.15, -0.1) is 0 Å². The lowest BCUT2D eigenvalue weighted by Gasteiger charge is -2.26. The predicted octanol–water partition coefficient (Wildman–Crippen LogP) is 2.51. The van der Waals surface area contributed by atoms with Crippen LogP contribution in [0.5, 0.6) is 0 Å². The molecule has 3 nitrogen and oxygen atoms in total. The van der Waals surface area contributed by atoms with E-state index in [1.807, 2.05) is 0 Å². The van der Waals surface area contributed by atoms with Crippen LogP contribution in [0.2, 0.25) is 0 Å². The van der Waals surface area contributed by atoms with Gasteiger partial charge in [-0.05, 0) is 45.7 Å². The van der Waals surface area contributed by atoms with Crippen molar-refractivity contribution in [3.63, 3.8) is 0 Å². The predicted molar refractivity (Wildman–Crippen MR) is 61.0 cm³/mol. The second-order valence-corrected chi connectivity index (χ2v) is 4.59. The molecule has 0 aromatic carbocycles. The molecule has 88 valence electrons. The summed E-state index contributed by atoms with van der Waals surface area (Å²) in [5.74, 6) is -0.668. The zero-order chi connectivity index (χ0) is 11.1. The Kier molecular flexibility index (Phi) is 5.69. The topological polar surface area (TPSA) is 40.5 Å². The third kappa shape index (κ3) is 5.17. The SMILES string of the molecule is CC1CCCCCN1CCCCC(=O)O. The van der Waals surface area contributed by atoms with Gasteiger partial charge in [-0.25, -0.2) is 0 Å². The molecular weight excluding hydrogens is 190 g/mol. The molecule has 1 aliphatic heterocycles. The Morgan fingerprint density at radius 2 is 2.13 bits per heavy atom. The van der Waals surface area contributed by atoms with E-state index in [2.05, 4.69) is 11.8 Å². The fraction of sp³-hybridized carbons (Fsp3) is 0.917. The van der Waals surface area contributed by atoms with Gasteiger partial charge in [-0.1, -0.05) is 12.8 Å². The van der Waals surface area contributed by atoms with Gasteiger partial charge in [-0.3, -0.25) is 4.79 Å². The monoisotopic (exact) mass is 213 g/mol. The summed E-state index contributed by atoms with van der Waals surface area (Å²) in [6.07, 6.45) is 7.49. The van der Waals surface area contributed by atoms with E-state index in [9.17, 15) is 4.79 Å². The van der Waals surface area contributed by atoms with Gasteiger partial charge in [-0.2, -0.15) is 0 Å². The minimum atomic E-state index is -0.668. The van der Waals surface area contributed by atoms with Crippen LogP contribution in [-0.2, 0) is 4.79 Å². The van der Waals surface area contributed by atoms with Crippen LogP contribution >= 0.6 is 0 Å². The molecule has 0 aromatic heterocycles. The molecule has 0 aromatic rings. The first kappa shape index (κ1) is 12.5. The van der Waals surface area contributed by atoms with Gasteiger partial charge in [0.15, 0.2) is 0 Å². The number of hydrogen-bond donors (Lipinski definition) is 1. The van der Waals surface area contributed by atoms with Gasteiger partial charge in [0, 0.05) is 12.5 Å². The number of unbranched alkanes of at least 4 members (excludes halogenated alkanes) is 1. The first-order valence-electron chi connectivity index (χ1n) is 6.16. The Morgan fingerprint density at radius 1 is 1.33 bits per heavy atom. The number of nitrogens with zero attached hydrogens (tertiary/aromatic N) is 1. The molecule has 1 fully saturated rings. The van der Waals surface area contributed by atoms with Gasteiger partial charge in [0.1, 0.15) is 0 Å². The van der Waals surface area contributed by atoms with Crippen molar-refractivity contribution >= 4 is 5.97 Å². The summed E-state index contributed by atoms with van der Waals surface area (Å²) in [5, 5.41) is 8.53. The van der Waals surface area contributed by atoms with Gasteiger partial charge >= 0.3 is 5.97 Å². The van der Waals surface area contributed by atoms with E-state index in [1.165, 1.54) is 32.2 Å². The smallest absolute Gasteiger partial charge is 0.303 e. The summed E-state index contributed by atoms with van der Waals surface area (Å²) >= 11 is 0. The largest absolute Gasteiger partial charge is 0.481 e. The van der Waals surface area contributed by atoms with E-state index in [1.54, 1.807) is 0 Å². The highest BCUT2D eigenvalue weighted by Gasteiger charge is 2.15. The van der Waals surface area contributed by atoms with Crippen molar-refractivity contribution in [3.05, 3.63) is 0 Å². The Morgan fingerprint density at radius 3 is 2.87 bits per heavy atom. The molecule has 1 rings (SSSR count). The van der Waals surface area contributed by atoms with Gasteiger partial charge in [0.05, 0.1) is 0 Å². The molecule has 0 spiro atoms. The van der Waals surface area contributed by atoms with Crippen molar-refractivity contribution in [1.82, 2.24) is 4.90 Å². The average Bonchev–Trinajstić information content (AvgIpc) is 2.38. The fourth-order valence-electron chi connectivity index (χ4n) is 2.26. The highest BCUT2D eigenvalue weighted by molar-refractivity contribution is 5.66. The molecule has 3 heteroatoms. The van der Waals surface area contributed by atoms with Crippen LogP contribution in [0, 0.1) is 0 Å². The van der Waals surface area contributed by atoms with E-state index in [0.717, 1.165) is 19.4 Å². The molecule has 1 aliphatic rings. The van der Waals surface area contributed by atoms with Crippen LogP contribution in [0.1, 0.15) is 51.9 Å². The molecule has 1 saturated heterocycles. The molecule has 0 saturated carbocycles. The van der Waals surface area contributed by atoms with Crippen LogP contribution in [0.4, 0.5) is 0 Å². The standard InChI is InChI=1S/C12H23NO2/c1-11-7-3-2-5-9-13(11)10-6-4-8-12(14)15/h11H,2-10H2,1H3,(H,14,15). The number of carboxylic acid groups (broad SMARTS) is 1. The molecular formula is C12H23NO2. The van der Waals surface area contributed by atoms with Crippen LogP contribution in [0.3, 0.4) is 0 Å². The molecule has 15 heavy (non-hydrogen) atoms. The summed E-state index contributed by atoms with van der Waals surface area (Å²) < 4.78 is 0. The van der Waals surface area contributed by atoms with E-state index in [-0.39, 0.29) is 0 Å². The van der Waals surface area contributed by atoms with E-state index in [0.29, 0.717) is 12.5 Å². The summed E-state index contributed by atoms with van der Waals surface area (Å²) in [7, 11) is 0. The van der Waals surface area contributed by atoms with Crippen LogP contribution in [0.15, 0.2) is 0 Å². The van der Waals surface area contributed by atoms with Crippen LogP contribution < -0.4 is 0 Å². The maximum atomic E-state index is 10.4. The maximum absolute atomic E-state index is 10.4. The number of aliphatic carboxylic acids is 1. The number of rotatable bonds is 5. The van der Waals surface area contributed by atoms with Crippen molar-refractivity contribution in [3.8, 4) is 0 Å². The van der Waals surface area contributed by atoms with E-state index < -0.39 is 5.97 Å². The highest BCUT2D eigenvalue weighted by atomic mass is 16.4. The van der Waals surface area contributed by atoms with E-state index in [4.69, 9.17) is 5.11 Å². The molecule has 0 aliphatic carbocycles. The fourth-order valence-corrected chi connectivity index (χ4v) is 2.26. The Balaban J connectivity index is 2.15. The Labute approximate surface area is 92.5 Å². The Hall–Kier alpha value is -0.570. The summed E-state index contributed by atoms with van der Waals surface area (Å²) in [4.78, 5) is 12.9. The van der Waals surface area contributed by atoms with Gasteiger partial charge in [0.2, 0.25) is 0 Å². The lowest BCUT2D eigenvalue weighted by Crippen LogP contribution is -2.33. The lowest BCUT2D eigenvalue weighted by molar-refractivity contribution is -0.137. The number of hydrogen-bond acceptors (Lipinski definition) is 2. The first-order chi connectivity index (χ1) is 7.20. The second-order valence-electron chi connectivity index (χ2n) is 4.59. The van der Waals surface area contributed by atoms with Crippen LogP contribution in [-0.4, -0.2) is 35.1 Å². The molecule has 0 bridgehead atoms. The average molecular weight is 213 g/mol. The zero-order valence-electron chi connectivity index (χ0n) is 9.74. The molecule has 0 amide bonds. The summed E-state index contributed by atoms with van der Waals surface area (Å²) in [6, 6.07) is 0.692. The van der Waals surface area contributed by atoms with Gasteiger partial charge < -0.3 is 10.0 Å². The van der Waals surface area contributed by atoms with Crippen molar-refractivity contribution < 1.29 is 9.90 Å². The number of carbonyl (C=O) groups is 1. The first-order valence-corrected chi connectivity index (χ1v) is 6.16. The highest BCUT2D eigenvalue weighted by Crippen LogP contribution is 2.16. The zero-order valence-corrected chi connectivity index (χ0v) is 9.74.